The average molecular weight is 305 g/mol. The highest BCUT2D eigenvalue weighted by atomic mass is 32.2. The SMILES string of the molecule is COC(OC)c1ccc(SCCn2ccccc2=O)cc1. The van der Waals surface area contributed by atoms with E-state index in [-0.39, 0.29) is 11.8 Å². The lowest BCUT2D eigenvalue weighted by Crippen LogP contribution is -2.18. The van der Waals surface area contributed by atoms with Crippen LogP contribution in [-0.2, 0) is 16.0 Å². The fourth-order valence-electron chi connectivity index (χ4n) is 2.00. The van der Waals surface area contributed by atoms with Crippen LogP contribution in [0, 0.1) is 0 Å². The first-order chi connectivity index (χ1) is 10.2. The lowest BCUT2D eigenvalue weighted by Gasteiger charge is -2.13. The molecule has 1 aromatic carbocycles. The summed E-state index contributed by atoms with van der Waals surface area (Å²) >= 11 is 1.72. The zero-order chi connectivity index (χ0) is 15.1. The van der Waals surface area contributed by atoms with E-state index in [0.29, 0.717) is 6.54 Å². The number of thioether (sulfide) groups is 1. The van der Waals surface area contributed by atoms with Crippen LogP contribution in [0.15, 0.2) is 58.4 Å². The molecule has 0 unspecified atom stereocenters. The Morgan fingerprint density at radius 3 is 2.43 bits per heavy atom. The van der Waals surface area contributed by atoms with E-state index in [0.717, 1.165) is 16.2 Å². The van der Waals surface area contributed by atoms with Gasteiger partial charge in [0.25, 0.3) is 5.56 Å². The number of hydrogen-bond donors (Lipinski definition) is 0. The third kappa shape index (κ3) is 4.46. The van der Waals surface area contributed by atoms with E-state index in [1.54, 1.807) is 42.7 Å². The molecule has 5 heteroatoms. The van der Waals surface area contributed by atoms with Crippen LogP contribution >= 0.6 is 11.8 Å². The maximum Gasteiger partial charge on any atom is 0.250 e. The van der Waals surface area contributed by atoms with Crippen molar-refractivity contribution in [3.63, 3.8) is 0 Å². The van der Waals surface area contributed by atoms with Gasteiger partial charge >= 0.3 is 0 Å². The number of hydrogen-bond acceptors (Lipinski definition) is 4. The average Bonchev–Trinajstić information content (AvgIpc) is 2.52. The topological polar surface area (TPSA) is 40.5 Å². The van der Waals surface area contributed by atoms with Gasteiger partial charge in [-0.2, -0.15) is 0 Å². The molecule has 0 aliphatic carbocycles. The maximum absolute atomic E-state index is 11.6. The molecule has 0 fully saturated rings. The van der Waals surface area contributed by atoms with E-state index in [1.807, 2.05) is 36.5 Å². The van der Waals surface area contributed by atoms with Gasteiger partial charge in [0.05, 0.1) is 0 Å². The Hall–Kier alpha value is -1.56. The second-order valence-corrected chi connectivity index (χ2v) is 5.62. The molecule has 2 rings (SSSR count). The van der Waals surface area contributed by atoms with Crippen LogP contribution in [-0.4, -0.2) is 24.5 Å². The van der Waals surface area contributed by atoms with Crippen molar-refractivity contribution in [2.75, 3.05) is 20.0 Å². The lowest BCUT2D eigenvalue weighted by atomic mass is 10.2. The third-order valence-corrected chi connectivity index (χ3v) is 4.07. The molecule has 0 atom stereocenters. The number of methoxy groups -OCH3 is 2. The number of pyridine rings is 1. The molecule has 0 aliphatic heterocycles. The molecule has 0 radical (unpaired) electrons. The van der Waals surface area contributed by atoms with Gasteiger partial charge in [0, 0.05) is 49.2 Å². The Kier molecular flexibility index (Phi) is 6.04. The maximum atomic E-state index is 11.6. The van der Waals surface area contributed by atoms with Gasteiger partial charge in [-0.05, 0) is 18.2 Å². The molecule has 1 heterocycles. The van der Waals surface area contributed by atoms with E-state index < -0.39 is 0 Å². The molecule has 0 aliphatic rings. The van der Waals surface area contributed by atoms with Crippen LogP contribution in [0.5, 0.6) is 0 Å². The zero-order valence-corrected chi connectivity index (χ0v) is 13.0. The fourth-order valence-corrected chi connectivity index (χ4v) is 2.85. The van der Waals surface area contributed by atoms with Crippen molar-refractivity contribution >= 4 is 11.8 Å². The van der Waals surface area contributed by atoms with E-state index in [1.165, 1.54) is 0 Å². The third-order valence-electron chi connectivity index (χ3n) is 3.08. The largest absolute Gasteiger partial charge is 0.352 e. The van der Waals surface area contributed by atoms with Crippen LogP contribution in [0.4, 0.5) is 0 Å². The summed E-state index contributed by atoms with van der Waals surface area (Å²) in [4.78, 5) is 12.7. The normalized spacial score (nSPS) is 11.0. The monoisotopic (exact) mass is 305 g/mol. The molecule has 4 nitrogen and oxygen atoms in total. The summed E-state index contributed by atoms with van der Waals surface area (Å²) < 4.78 is 12.1. The predicted octanol–water partition coefficient (Wildman–Crippen LogP) is 2.93. The van der Waals surface area contributed by atoms with Crippen LogP contribution in [0.3, 0.4) is 0 Å². The van der Waals surface area contributed by atoms with Crippen molar-refractivity contribution in [2.45, 2.75) is 17.7 Å². The summed E-state index contributed by atoms with van der Waals surface area (Å²) in [6, 6.07) is 13.3. The first kappa shape index (κ1) is 15.8. The van der Waals surface area contributed by atoms with E-state index in [2.05, 4.69) is 0 Å². The number of benzene rings is 1. The second-order valence-electron chi connectivity index (χ2n) is 4.45. The molecule has 1 aromatic heterocycles. The minimum Gasteiger partial charge on any atom is -0.352 e. The van der Waals surface area contributed by atoms with Crippen LogP contribution in [0.25, 0.3) is 0 Å². The van der Waals surface area contributed by atoms with Crippen molar-refractivity contribution in [3.05, 3.63) is 64.6 Å². The second kappa shape index (κ2) is 8.02. The van der Waals surface area contributed by atoms with Crippen molar-refractivity contribution in [1.29, 1.82) is 0 Å². The number of rotatable bonds is 7. The quantitative estimate of drug-likeness (QED) is 0.582. The molecule has 0 saturated carbocycles. The molecule has 0 amide bonds. The molecule has 112 valence electrons. The lowest BCUT2D eigenvalue weighted by molar-refractivity contribution is -0.106. The molecule has 21 heavy (non-hydrogen) atoms. The minimum absolute atomic E-state index is 0.0384. The minimum atomic E-state index is -0.327. The number of aryl methyl sites for hydroxylation is 1. The van der Waals surface area contributed by atoms with Gasteiger partial charge in [-0.1, -0.05) is 18.2 Å². The molecule has 0 bridgehead atoms. The highest BCUT2D eigenvalue weighted by Crippen LogP contribution is 2.23. The van der Waals surface area contributed by atoms with Gasteiger partial charge in [0.15, 0.2) is 6.29 Å². The van der Waals surface area contributed by atoms with Crippen LogP contribution in [0.2, 0.25) is 0 Å². The molecular formula is C16H19NO3S. The van der Waals surface area contributed by atoms with Gasteiger partial charge in [0.1, 0.15) is 0 Å². The first-order valence-corrected chi connectivity index (χ1v) is 7.67. The smallest absolute Gasteiger partial charge is 0.250 e. The summed E-state index contributed by atoms with van der Waals surface area (Å²) in [5.74, 6) is 0.848. The van der Waals surface area contributed by atoms with E-state index in [4.69, 9.17) is 9.47 Å². The number of aromatic nitrogens is 1. The molecule has 0 spiro atoms. The van der Waals surface area contributed by atoms with Crippen LogP contribution < -0.4 is 5.56 Å². The fraction of sp³-hybridized carbons (Fsp3) is 0.312. The number of nitrogens with zero attached hydrogens (tertiary/aromatic N) is 1. The molecule has 2 aromatic rings. The van der Waals surface area contributed by atoms with Gasteiger partial charge < -0.3 is 14.0 Å². The van der Waals surface area contributed by atoms with E-state index >= 15 is 0 Å². The number of ether oxygens (including phenoxy) is 2. The van der Waals surface area contributed by atoms with Gasteiger partial charge in [0.2, 0.25) is 0 Å². The Balaban J connectivity index is 1.89. The van der Waals surface area contributed by atoms with Crippen molar-refractivity contribution in [2.24, 2.45) is 0 Å². The molecular weight excluding hydrogens is 286 g/mol. The predicted molar refractivity (Wildman–Crippen MR) is 84.6 cm³/mol. The summed E-state index contributed by atoms with van der Waals surface area (Å²) in [5, 5.41) is 0. The molecule has 0 saturated heterocycles. The Labute approximate surface area is 128 Å². The highest BCUT2D eigenvalue weighted by Gasteiger charge is 2.08. The highest BCUT2D eigenvalue weighted by molar-refractivity contribution is 7.99. The molecule has 0 N–H and O–H groups in total. The van der Waals surface area contributed by atoms with Gasteiger partial charge in [-0.25, -0.2) is 0 Å². The first-order valence-electron chi connectivity index (χ1n) is 6.68. The summed E-state index contributed by atoms with van der Waals surface area (Å²) in [7, 11) is 3.24. The van der Waals surface area contributed by atoms with Gasteiger partial charge in [-0.3, -0.25) is 4.79 Å². The van der Waals surface area contributed by atoms with Crippen molar-refractivity contribution in [1.82, 2.24) is 4.57 Å². The summed E-state index contributed by atoms with van der Waals surface area (Å²) in [6.07, 6.45) is 1.49. The standard InChI is InChI=1S/C16H19NO3S/c1-19-16(20-2)13-6-8-14(9-7-13)21-12-11-17-10-4-3-5-15(17)18/h3-10,16H,11-12H2,1-2H3. The Bertz CT molecular complexity index is 605. The summed E-state index contributed by atoms with van der Waals surface area (Å²) in [5.41, 5.74) is 1.03. The van der Waals surface area contributed by atoms with Crippen LogP contribution in [0.1, 0.15) is 11.9 Å². The zero-order valence-electron chi connectivity index (χ0n) is 12.2. The Morgan fingerprint density at radius 1 is 1.10 bits per heavy atom. The van der Waals surface area contributed by atoms with Crippen molar-refractivity contribution < 1.29 is 9.47 Å². The Morgan fingerprint density at radius 2 is 1.81 bits per heavy atom. The van der Waals surface area contributed by atoms with Gasteiger partial charge in [-0.15, -0.1) is 11.8 Å². The summed E-state index contributed by atoms with van der Waals surface area (Å²) in [6.45, 7) is 0.699. The van der Waals surface area contributed by atoms with E-state index in [9.17, 15) is 4.79 Å². The van der Waals surface area contributed by atoms with Crippen molar-refractivity contribution in [3.8, 4) is 0 Å².